The Morgan fingerprint density at radius 3 is 2.04 bits per heavy atom. The fourth-order valence-electron chi connectivity index (χ4n) is 3.83. The zero-order valence-electron chi connectivity index (χ0n) is 17.8. The van der Waals surface area contributed by atoms with Crippen LogP contribution in [-0.2, 0) is 0 Å². The SMILES string of the molecule is CC(C)CC(=S)N(c1c(C(C)C)c(C(C)C)cc2ccccc12)C(C)C. The van der Waals surface area contributed by atoms with Crippen LogP contribution in [0, 0.1) is 5.92 Å². The monoisotopic (exact) mass is 369 g/mol. The highest BCUT2D eigenvalue weighted by Crippen LogP contribution is 2.42. The van der Waals surface area contributed by atoms with Crippen molar-refractivity contribution in [2.24, 2.45) is 5.92 Å². The second-order valence-corrected chi connectivity index (χ2v) is 9.19. The Bertz CT molecular complexity index is 771. The van der Waals surface area contributed by atoms with Gasteiger partial charge in [0.05, 0.1) is 10.7 Å². The molecular weight excluding hydrogens is 334 g/mol. The second-order valence-electron chi connectivity index (χ2n) is 8.71. The van der Waals surface area contributed by atoms with E-state index in [1.165, 1.54) is 27.6 Å². The lowest BCUT2D eigenvalue weighted by atomic mass is 9.85. The van der Waals surface area contributed by atoms with E-state index < -0.39 is 0 Å². The Labute approximate surface area is 165 Å². The molecule has 26 heavy (non-hydrogen) atoms. The molecule has 2 heteroatoms. The summed E-state index contributed by atoms with van der Waals surface area (Å²) in [5, 5.41) is 2.63. The average Bonchev–Trinajstić information content (AvgIpc) is 2.52. The van der Waals surface area contributed by atoms with Crippen molar-refractivity contribution in [3.05, 3.63) is 41.5 Å². The molecule has 0 radical (unpaired) electrons. The molecule has 2 aromatic rings. The van der Waals surface area contributed by atoms with Crippen molar-refractivity contribution in [1.29, 1.82) is 0 Å². The molecule has 0 amide bonds. The lowest BCUT2D eigenvalue weighted by Crippen LogP contribution is -2.37. The van der Waals surface area contributed by atoms with Crippen LogP contribution in [0.4, 0.5) is 5.69 Å². The van der Waals surface area contributed by atoms with E-state index in [0.29, 0.717) is 23.8 Å². The van der Waals surface area contributed by atoms with E-state index in [4.69, 9.17) is 12.2 Å². The van der Waals surface area contributed by atoms with Gasteiger partial charge in [-0.05, 0) is 48.1 Å². The van der Waals surface area contributed by atoms with Gasteiger partial charge >= 0.3 is 0 Å². The van der Waals surface area contributed by atoms with Crippen molar-refractivity contribution in [3.63, 3.8) is 0 Å². The number of rotatable bonds is 6. The third-order valence-corrected chi connectivity index (χ3v) is 5.26. The van der Waals surface area contributed by atoms with Crippen molar-refractivity contribution < 1.29 is 0 Å². The Hall–Kier alpha value is -1.41. The molecule has 0 atom stereocenters. The molecule has 2 aromatic carbocycles. The van der Waals surface area contributed by atoms with E-state index in [2.05, 4.69) is 90.6 Å². The number of hydrogen-bond donors (Lipinski definition) is 0. The summed E-state index contributed by atoms with van der Waals surface area (Å²) in [5.74, 6) is 1.50. The molecule has 0 heterocycles. The number of benzene rings is 2. The molecular formula is C24H35NS. The number of anilines is 1. The molecule has 0 unspecified atom stereocenters. The van der Waals surface area contributed by atoms with Gasteiger partial charge in [-0.3, -0.25) is 0 Å². The van der Waals surface area contributed by atoms with Crippen molar-refractivity contribution in [2.45, 2.75) is 79.7 Å². The summed E-state index contributed by atoms with van der Waals surface area (Å²) in [6.07, 6.45) is 0.950. The lowest BCUT2D eigenvalue weighted by Gasteiger charge is -2.35. The van der Waals surface area contributed by atoms with Crippen molar-refractivity contribution in [2.75, 3.05) is 4.90 Å². The van der Waals surface area contributed by atoms with Gasteiger partial charge in [-0.15, -0.1) is 0 Å². The summed E-state index contributed by atoms with van der Waals surface area (Å²) in [7, 11) is 0. The Balaban J connectivity index is 2.87. The van der Waals surface area contributed by atoms with Gasteiger partial charge in [-0.25, -0.2) is 0 Å². The van der Waals surface area contributed by atoms with E-state index in [-0.39, 0.29) is 0 Å². The minimum Gasteiger partial charge on any atom is -0.333 e. The van der Waals surface area contributed by atoms with Gasteiger partial charge in [0.15, 0.2) is 0 Å². The van der Waals surface area contributed by atoms with Crippen LogP contribution >= 0.6 is 12.2 Å². The third kappa shape index (κ3) is 4.28. The number of thiocarbonyl (C=S) groups is 1. The van der Waals surface area contributed by atoms with Crippen LogP contribution < -0.4 is 4.90 Å². The molecule has 0 N–H and O–H groups in total. The standard InChI is InChI=1S/C24H35NS/c1-15(2)13-22(26)25(18(7)8)24-20-12-10-9-11-19(20)14-21(16(3)4)23(24)17(5)6/h9-12,14-18H,13H2,1-8H3. The van der Waals surface area contributed by atoms with Gasteiger partial charge in [0.2, 0.25) is 0 Å². The maximum Gasteiger partial charge on any atom is 0.0828 e. The predicted octanol–water partition coefficient (Wildman–Crippen LogP) is 7.67. The Kier molecular flexibility index (Phi) is 6.85. The first-order valence-electron chi connectivity index (χ1n) is 10.0. The first kappa shape index (κ1) is 20.9. The van der Waals surface area contributed by atoms with Crippen LogP contribution in [0.15, 0.2) is 30.3 Å². The molecule has 1 nitrogen and oxygen atoms in total. The van der Waals surface area contributed by atoms with Crippen molar-refractivity contribution >= 4 is 33.7 Å². The highest BCUT2D eigenvalue weighted by molar-refractivity contribution is 7.80. The average molecular weight is 370 g/mol. The molecule has 0 saturated carbocycles. The first-order valence-corrected chi connectivity index (χ1v) is 10.4. The molecule has 0 aliphatic rings. The van der Waals surface area contributed by atoms with Crippen molar-refractivity contribution in [3.8, 4) is 0 Å². The van der Waals surface area contributed by atoms with E-state index in [0.717, 1.165) is 11.4 Å². The van der Waals surface area contributed by atoms with E-state index in [9.17, 15) is 0 Å². The summed E-state index contributed by atoms with van der Waals surface area (Å²) >= 11 is 5.95. The molecule has 142 valence electrons. The molecule has 0 aliphatic heterocycles. The maximum absolute atomic E-state index is 5.95. The van der Waals surface area contributed by atoms with Crippen LogP contribution in [0.5, 0.6) is 0 Å². The number of nitrogens with zero attached hydrogens (tertiary/aromatic N) is 1. The zero-order valence-corrected chi connectivity index (χ0v) is 18.6. The minimum absolute atomic E-state index is 0.338. The predicted molar refractivity (Wildman–Crippen MR) is 122 cm³/mol. The topological polar surface area (TPSA) is 3.24 Å². The smallest absolute Gasteiger partial charge is 0.0828 e. The molecule has 0 saturated heterocycles. The Morgan fingerprint density at radius 2 is 1.54 bits per heavy atom. The fourth-order valence-corrected chi connectivity index (χ4v) is 4.46. The maximum atomic E-state index is 5.95. The molecule has 0 bridgehead atoms. The summed E-state index contributed by atoms with van der Waals surface area (Å²) < 4.78 is 0. The summed E-state index contributed by atoms with van der Waals surface area (Å²) in [4.78, 5) is 3.49. The molecule has 0 aliphatic carbocycles. The normalized spacial score (nSPS) is 12.0. The van der Waals surface area contributed by atoms with Gasteiger partial charge in [0.25, 0.3) is 0 Å². The van der Waals surface area contributed by atoms with Crippen molar-refractivity contribution in [1.82, 2.24) is 0 Å². The van der Waals surface area contributed by atoms with Gasteiger partial charge in [0.1, 0.15) is 0 Å². The molecule has 0 fully saturated rings. The minimum atomic E-state index is 0.338. The van der Waals surface area contributed by atoms with E-state index in [1.54, 1.807) is 0 Å². The largest absolute Gasteiger partial charge is 0.333 e. The summed E-state index contributed by atoms with van der Waals surface area (Å²) in [5.41, 5.74) is 4.24. The highest BCUT2D eigenvalue weighted by Gasteiger charge is 2.26. The van der Waals surface area contributed by atoms with Gasteiger partial charge in [0, 0.05) is 17.8 Å². The van der Waals surface area contributed by atoms with Gasteiger partial charge in [-0.2, -0.15) is 0 Å². The number of fused-ring (bicyclic) bond motifs is 1. The first-order chi connectivity index (χ1) is 12.1. The van der Waals surface area contributed by atoms with Crippen LogP contribution in [0.2, 0.25) is 0 Å². The van der Waals surface area contributed by atoms with Crippen LogP contribution in [0.3, 0.4) is 0 Å². The second kappa shape index (κ2) is 8.52. The molecule has 2 rings (SSSR count). The highest BCUT2D eigenvalue weighted by atomic mass is 32.1. The number of hydrogen-bond acceptors (Lipinski definition) is 1. The van der Waals surface area contributed by atoms with E-state index in [1.807, 2.05) is 0 Å². The third-order valence-electron chi connectivity index (χ3n) is 4.90. The zero-order chi connectivity index (χ0) is 19.6. The lowest BCUT2D eigenvalue weighted by molar-refractivity contribution is 0.671. The quantitative estimate of drug-likeness (QED) is 0.480. The van der Waals surface area contributed by atoms with Crippen LogP contribution in [-0.4, -0.2) is 11.0 Å². The Morgan fingerprint density at radius 1 is 0.923 bits per heavy atom. The van der Waals surface area contributed by atoms with Gasteiger partial charge in [-0.1, -0.05) is 84.1 Å². The summed E-state index contributed by atoms with van der Waals surface area (Å²) in [6, 6.07) is 11.5. The van der Waals surface area contributed by atoms with Crippen LogP contribution in [0.25, 0.3) is 10.8 Å². The van der Waals surface area contributed by atoms with E-state index >= 15 is 0 Å². The summed E-state index contributed by atoms with van der Waals surface area (Å²) in [6.45, 7) is 18.2. The molecule has 0 aromatic heterocycles. The van der Waals surface area contributed by atoms with Gasteiger partial charge < -0.3 is 4.90 Å². The fraction of sp³-hybridized carbons (Fsp3) is 0.542. The molecule has 0 spiro atoms. The van der Waals surface area contributed by atoms with Crippen LogP contribution in [0.1, 0.15) is 84.8 Å².